The molecule has 1 aliphatic rings. The molecule has 21 heavy (non-hydrogen) atoms. The summed E-state index contributed by atoms with van der Waals surface area (Å²) in [6.07, 6.45) is 2.78. The van der Waals surface area contributed by atoms with Crippen molar-refractivity contribution in [2.75, 3.05) is 7.11 Å². The van der Waals surface area contributed by atoms with Crippen molar-refractivity contribution in [3.63, 3.8) is 0 Å². The molecule has 118 valence electrons. The van der Waals surface area contributed by atoms with Crippen molar-refractivity contribution in [2.45, 2.75) is 51.7 Å². The highest BCUT2D eigenvalue weighted by Crippen LogP contribution is 2.38. The lowest BCUT2D eigenvalue weighted by molar-refractivity contribution is 0.00861. The highest BCUT2D eigenvalue weighted by Gasteiger charge is 2.32. The molecule has 4 atom stereocenters. The zero-order valence-corrected chi connectivity index (χ0v) is 13.3. The van der Waals surface area contributed by atoms with E-state index >= 15 is 0 Å². The third-order valence-corrected chi connectivity index (χ3v) is 4.93. The molecule has 0 amide bonds. The molecule has 1 aliphatic carbocycles. The van der Waals surface area contributed by atoms with Gasteiger partial charge in [0.1, 0.15) is 5.75 Å². The smallest absolute Gasteiger partial charge is 0.119 e. The van der Waals surface area contributed by atoms with Crippen LogP contribution in [0.25, 0.3) is 0 Å². The van der Waals surface area contributed by atoms with Crippen LogP contribution in [-0.4, -0.2) is 23.4 Å². The third-order valence-electron chi connectivity index (χ3n) is 4.93. The van der Waals surface area contributed by atoms with E-state index in [0.717, 1.165) is 30.6 Å². The van der Waals surface area contributed by atoms with Gasteiger partial charge in [0, 0.05) is 0 Å². The third kappa shape index (κ3) is 4.21. The summed E-state index contributed by atoms with van der Waals surface area (Å²) < 4.78 is 5.20. The number of hydrogen-bond acceptors (Lipinski definition) is 3. The van der Waals surface area contributed by atoms with E-state index < -0.39 is 6.10 Å². The minimum absolute atomic E-state index is 0.187. The first kappa shape index (κ1) is 16.3. The van der Waals surface area contributed by atoms with Gasteiger partial charge < -0.3 is 14.9 Å². The quantitative estimate of drug-likeness (QED) is 0.872. The summed E-state index contributed by atoms with van der Waals surface area (Å²) in [5.41, 5.74) is 0.869. The molecular formula is C18H28O3. The maximum Gasteiger partial charge on any atom is 0.119 e. The average Bonchev–Trinajstić information content (AvgIpc) is 2.49. The molecule has 0 spiro atoms. The lowest BCUT2D eigenvalue weighted by Crippen LogP contribution is -2.32. The van der Waals surface area contributed by atoms with Crippen LogP contribution in [0.4, 0.5) is 0 Å². The molecule has 0 heterocycles. The van der Waals surface area contributed by atoms with Crippen LogP contribution >= 0.6 is 0 Å². The van der Waals surface area contributed by atoms with Gasteiger partial charge in [-0.15, -0.1) is 0 Å². The van der Waals surface area contributed by atoms with E-state index in [0.29, 0.717) is 18.3 Å². The Kier molecular flexibility index (Phi) is 5.65. The summed E-state index contributed by atoms with van der Waals surface area (Å²) >= 11 is 0. The van der Waals surface area contributed by atoms with E-state index in [2.05, 4.69) is 13.8 Å². The van der Waals surface area contributed by atoms with Gasteiger partial charge >= 0.3 is 0 Å². The second kappa shape index (κ2) is 7.28. The molecule has 3 nitrogen and oxygen atoms in total. The topological polar surface area (TPSA) is 49.7 Å². The molecular weight excluding hydrogens is 264 g/mol. The van der Waals surface area contributed by atoms with Crippen LogP contribution in [-0.2, 0) is 0 Å². The summed E-state index contributed by atoms with van der Waals surface area (Å²) in [7, 11) is 1.63. The molecule has 2 N–H and O–H groups in total. The number of benzene rings is 1. The molecule has 1 fully saturated rings. The molecule has 1 aromatic carbocycles. The molecule has 4 unspecified atom stereocenters. The normalized spacial score (nSPS) is 27.6. The number of methoxy groups -OCH3 is 1. The van der Waals surface area contributed by atoms with Crippen molar-refractivity contribution in [1.29, 1.82) is 0 Å². The highest BCUT2D eigenvalue weighted by atomic mass is 16.5. The summed E-state index contributed by atoms with van der Waals surface area (Å²) in [5.74, 6) is 2.26. The minimum atomic E-state index is -0.536. The Bertz CT molecular complexity index is 444. The van der Waals surface area contributed by atoms with Crippen molar-refractivity contribution in [3.8, 4) is 5.75 Å². The van der Waals surface area contributed by atoms with Gasteiger partial charge in [0.15, 0.2) is 0 Å². The first-order chi connectivity index (χ1) is 10.0. The molecule has 0 aliphatic heterocycles. The van der Waals surface area contributed by atoms with Crippen molar-refractivity contribution < 1.29 is 14.9 Å². The number of aliphatic hydroxyl groups excluding tert-OH is 2. The molecule has 2 rings (SSSR count). The Hall–Kier alpha value is -1.06. The summed E-state index contributed by atoms with van der Waals surface area (Å²) in [4.78, 5) is 0. The van der Waals surface area contributed by atoms with Gasteiger partial charge in [-0.25, -0.2) is 0 Å². The van der Waals surface area contributed by atoms with Crippen LogP contribution in [0.1, 0.15) is 51.2 Å². The lowest BCUT2D eigenvalue weighted by atomic mass is 9.72. The molecule has 0 aromatic heterocycles. The molecule has 3 heteroatoms. The monoisotopic (exact) mass is 292 g/mol. The van der Waals surface area contributed by atoms with Gasteiger partial charge in [-0.3, -0.25) is 0 Å². The maximum atomic E-state index is 10.5. The van der Waals surface area contributed by atoms with Crippen LogP contribution in [0, 0.1) is 17.8 Å². The minimum Gasteiger partial charge on any atom is -0.497 e. The Morgan fingerprint density at radius 1 is 1.29 bits per heavy atom. The van der Waals surface area contributed by atoms with Crippen LogP contribution < -0.4 is 4.74 Å². The van der Waals surface area contributed by atoms with Crippen LogP contribution in [0.3, 0.4) is 0 Å². The molecule has 1 saturated carbocycles. The van der Waals surface area contributed by atoms with Gasteiger partial charge in [0.25, 0.3) is 0 Å². The largest absolute Gasteiger partial charge is 0.497 e. The summed E-state index contributed by atoms with van der Waals surface area (Å²) in [6.45, 7) is 4.50. The first-order valence-electron chi connectivity index (χ1n) is 8.01. The van der Waals surface area contributed by atoms with Crippen LogP contribution in [0.15, 0.2) is 24.3 Å². The lowest BCUT2D eigenvalue weighted by Gasteiger charge is -2.36. The van der Waals surface area contributed by atoms with Gasteiger partial charge in [0.2, 0.25) is 0 Å². The maximum absolute atomic E-state index is 10.5. The van der Waals surface area contributed by atoms with Gasteiger partial charge in [-0.2, -0.15) is 0 Å². The van der Waals surface area contributed by atoms with E-state index in [9.17, 15) is 10.2 Å². The van der Waals surface area contributed by atoms with E-state index in [1.165, 1.54) is 0 Å². The zero-order chi connectivity index (χ0) is 15.4. The fraction of sp³-hybridized carbons (Fsp3) is 0.667. The fourth-order valence-electron chi connectivity index (χ4n) is 3.41. The Labute approximate surface area is 128 Å². The van der Waals surface area contributed by atoms with E-state index in [1.807, 2.05) is 24.3 Å². The number of rotatable bonds is 5. The Morgan fingerprint density at radius 2 is 2.05 bits per heavy atom. The SMILES string of the molecule is COc1cccc(C(O)CC2CC(C(C)C)CCC2O)c1. The molecule has 0 bridgehead atoms. The van der Waals surface area contributed by atoms with Crippen LogP contribution in [0.2, 0.25) is 0 Å². The van der Waals surface area contributed by atoms with Crippen molar-refractivity contribution in [1.82, 2.24) is 0 Å². The van der Waals surface area contributed by atoms with Crippen LogP contribution in [0.5, 0.6) is 5.75 Å². The molecule has 0 radical (unpaired) electrons. The van der Waals surface area contributed by atoms with E-state index in [4.69, 9.17) is 4.74 Å². The molecule has 0 saturated heterocycles. The van der Waals surface area contributed by atoms with Gasteiger partial charge in [0.05, 0.1) is 19.3 Å². The Balaban J connectivity index is 2.01. The number of hydrogen-bond donors (Lipinski definition) is 2. The second-order valence-electron chi connectivity index (χ2n) is 6.67. The Morgan fingerprint density at radius 3 is 2.71 bits per heavy atom. The van der Waals surface area contributed by atoms with E-state index in [1.54, 1.807) is 7.11 Å². The number of aliphatic hydroxyl groups is 2. The van der Waals surface area contributed by atoms with Gasteiger partial charge in [-0.05, 0) is 61.1 Å². The standard InChI is InChI=1S/C18H28O3/c1-12(2)13-7-8-17(19)15(9-13)11-18(20)14-5-4-6-16(10-14)21-3/h4-6,10,12-13,15,17-20H,7-9,11H2,1-3H3. The summed E-state index contributed by atoms with van der Waals surface area (Å²) in [6, 6.07) is 7.56. The van der Waals surface area contributed by atoms with E-state index in [-0.39, 0.29) is 12.0 Å². The number of ether oxygens (including phenoxy) is 1. The fourth-order valence-corrected chi connectivity index (χ4v) is 3.41. The van der Waals surface area contributed by atoms with Crippen molar-refractivity contribution in [2.24, 2.45) is 17.8 Å². The van der Waals surface area contributed by atoms with Crippen molar-refractivity contribution in [3.05, 3.63) is 29.8 Å². The first-order valence-corrected chi connectivity index (χ1v) is 8.01. The highest BCUT2D eigenvalue weighted by molar-refractivity contribution is 5.29. The average molecular weight is 292 g/mol. The van der Waals surface area contributed by atoms with Gasteiger partial charge in [-0.1, -0.05) is 26.0 Å². The second-order valence-corrected chi connectivity index (χ2v) is 6.67. The zero-order valence-electron chi connectivity index (χ0n) is 13.3. The molecule has 1 aromatic rings. The summed E-state index contributed by atoms with van der Waals surface area (Å²) in [5, 5.41) is 20.7. The predicted molar refractivity (Wildman–Crippen MR) is 84.2 cm³/mol. The predicted octanol–water partition coefficient (Wildman–Crippen LogP) is 3.55. The van der Waals surface area contributed by atoms with Crippen molar-refractivity contribution >= 4 is 0 Å².